The van der Waals surface area contributed by atoms with E-state index in [1.807, 2.05) is 0 Å². The van der Waals surface area contributed by atoms with E-state index < -0.39 is 0 Å². The van der Waals surface area contributed by atoms with E-state index in [0.29, 0.717) is 0 Å². The lowest BCUT2D eigenvalue weighted by molar-refractivity contribution is 0.0944. The summed E-state index contributed by atoms with van der Waals surface area (Å²) in [5.41, 5.74) is 0. The highest BCUT2D eigenvalue weighted by molar-refractivity contribution is 4.81. The van der Waals surface area contributed by atoms with Crippen molar-refractivity contribution in [3.8, 4) is 0 Å². The lowest BCUT2D eigenvalue weighted by Crippen LogP contribution is -2.49. The molecule has 1 rings (SSSR count). The van der Waals surface area contributed by atoms with E-state index in [2.05, 4.69) is 38.0 Å². The van der Waals surface area contributed by atoms with Gasteiger partial charge < -0.3 is 5.32 Å². The minimum absolute atomic E-state index is 0.726. The third kappa shape index (κ3) is 3.76. The van der Waals surface area contributed by atoms with Crippen molar-refractivity contribution < 1.29 is 0 Å². The van der Waals surface area contributed by atoms with Crippen LogP contribution in [0, 0.1) is 11.8 Å². The van der Waals surface area contributed by atoms with Crippen molar-refractivity contribution in [1.29, 1.82) is 0 Å². The Labute approximate surface area is 95.4 Å². The first-order valence-electron chi connectivity index (χ1n) is 6.57. The van der Waals surface area contributed by atoms with E-state index in [4.69, 9.17) is 0 Å². The molecule has 1 aliphatic rings. The van der Waals surface area contributed by atoms with Gasteiger partial charge in [0.1, 0.15) is 0 Å². The van der Waals surface area contributed by atoms with E-state index in [1.165, 1.54) is 32.4 Å². The van der Waals surface area contributed by atoms with Crippen molar-refractivity contribution in [2.75, 3.05) is 26.7 Å². The van der Waals surface area contributed by atoms with Gasteiger partial charge in [-0.25, -0.2) is 0 Å². The molecule has 0 saturated carbocycles. The Hall–Kier alpha value is -0.0800. The number of hydrogen-bond acceptors (Lipinski definition) is 2. The lowest BCUT2D eigenvalue weighted by Gasteiger charge is -2.40. The average Bonchev–Trinajstić information content (AvgIpc) is 2.25. The fourth-order valence-corrected chi connectivity index (χ4v) is 2.73. The number of likely N-dealkylation sites (tertiary alicyclic amines) is 1. The second kappa shape index (κ2) is 6.49. The van der Waals surface area contributed by atoms with Gasteiger partial charge in [0.2, 0.25) is 0 Å². The summed E-state index contributed by atoms with van der Waals surface area (Å²) >= 11 is 0. The summed E-state index contributed by atoms with van der Waals surface area (Å²) in [6, 6.07) is 0.726. The Morgan fingerprint density at radius 2 is 2.13 bits per heavy atom. The van der Waals surface area contributed by atoms with E-state index >= 15 is 0 Å². The molecule has 1 N–H and O–H groups in total. The van der Waals surface area contributed by atoms with E-state index in [1.54, 1.807) is 0 Å². The summed E-state index contributed by atoms with van der Waals surface area (Å²) in [6.07, 6.45) is 4.18. The van der Waals surface area contributed by atoms with Crippen molar-refractivity contribution >= 4 is 0 Å². The highest BCUT2D eigenvalue weighted by atomic mass is 15.2. The third-order valence-corrected chi connectivity index (χ3v) is 3.78. The van der Waals surface area contributed by atoms with Gasteiger partial charge in [-0.05, 0) is 38.3 Å². The van der Waals surface area contributed by atoms with Crippen LogP contribution in [0.25, 0.3) is 0 Å². The van der Waals surface area contributed by atoms with Crippen LogP contribution in [0.1, 0.15) is 40.0 Å². The van der Waals surface area contributed by atoms with Gasteiger partial charge in [0.15, 0.2) is 0 Å². The predicted octanol–water partition coefficient (Wildman–Crippen LogP) is 2.35. The minimum Gasteiger partial charge on any atom is -0.318 e. The number of piperidine rings is 1. The third-order valence-electron chi connectivity index (χ3n) is 3.78. The fourth-order valence-electron chi connectivity index (χ4n) is 2.73. The van der Waals surface area contributed by atoms with Crippen LogP contribution in [0.15, 0.2) is 0 Å². The minimum atomic E-state index is 0.726. The fraction of sp³-hybridized carbons (Fsp3) is 1.00. The van der Waals surface area contributed by atoms with Crippen LogP contribution in [0.4, 0.5) is 0 Å². The quantitative estimate of drug-likeness (QED) is 0.752. The summed E-state index contributed by atoms with van der Waals surface area (Å²) in [5, 5.41) is 3.34. The molecular formula is C13H28N2. The van der Waals surface area contributed by atoms with Gasteiger partial charge >= 0.3 is 0 Å². The summed E-state index contributed by atoms with van der Waals surface area (Å²) in [6.45, 7) is 10.8. The number of nitrogens with zero attached hydrogens (tertiary/aromatic N) is 1. The van der Waals surface area contributed by atoms with Gasteiger partial charge in [0.05, 0.1) is 0 Å². The molecule has 0 aromatic heterocycles. The summed E-state index contributed by atoms with van der Waals surface area (Å²) < 4.78 is 0. The topological polar surface area (TPSA) is 15.3 Å². The van der Waals surface area contributed by atoms with Crippen molar-refractivity contribution in [2.24, 2.45) is 11.8 Å². The molecule has 2 nitrogen and oxygen atoms in total. The monoisotopic (exact) mass is 212 g/mol. The predicted molar refractivity (Wildman–Crippen MR) is 67.1 cm³/mol. The zero-order valence-electron chi connectivity index (χ0n) is 10.9. The van der Waals surface area contributed by atoms with E-state index in [9.17, 15) is 0 Å². The molecule has 15 heavy (non-hydrogen) atoms. The van der Waals surface area contributed by atoms with Crippen molar-refractivity contribution in [3.05, 3.63) is 0 Å². The Morgan fingerprint density at radius 3 is 2.67 bits per heavy atom. The molecule has 1 fully saturated rings. The second-order valence-electron chi connectivity index (χ2n) is 5.28. The Balaban J connectivity index is 2.50. The van der Waals surface area contributed by atoms with Crippen molar-refractivity contribution in [3.63, 3.8) is 0 Å². The lowest BCUT2D eigenvalue weighted by atomic mass is 9.92. The summed E-state index contributed by atoms with van der Waals surface area (Å²) in [4.78, 5) is 2.71. The Bertz CT molecular complexity index is 168. The van der Waals surface area contributed by atoms with Gasteiger partial charge in [-0.15, -0.1) is 0 Å². The van der Waals surface area contributed by atoms with Gasteiger partial charge in [-0.1, -0.05) is 27.2 Å². The summed E-state index contributed by atoms with van der Waals surface area (Å²) in [5.74, 6) is 1.70. The molecule has 1 saturated heterocycles. The van der Waals surface area contributed by atoms with Gasteiger partial charge in [0, 0.05) is 19.1 Å². The maximum atomic E-state index is 3.34. The molecule has 1 aliphatic heterocycles. The van der Waals surface area contributed by atoms with E-state index in [0.717, 1.165) is 24.4 Å². The molecule has 0 aromatic rings. The maximum absolute atomic E-state index is 3.34. The van der Waals surface area contributed by atoms with Crippen LogP contribution in [0.5, 0.6) is 0 Å². The molecule has 2 heteroatoms. The molecular weight excluding hydrogens is 184 g/mol. The largest absolute Gasteiger partial charge is 0.318 e. The SMILES string of the molecule is CCC1CCCN(C(CNC)C(C)C)C1. The standard InChI is InChI=1S/C13H28N2/c1-5-12-7-6-8-15(10-12)13(9-14-4)11(2)3/h11-14H,5-10H2,1-4H3. The normalized spacial score (nSPS) is 25.8. The number of rotatable bonds is 5. The first-order chi connectivity index (χ1) is 7.19. The van der Waals surface area contributed by atoms with Crippen LogP contribution in [0.3, 0.4) is 0 Å². The van der Waals surface area contributed by atoms with Gasteiger partial charge in [-0.3, -0.25) is 4.90 Å². The zero-order valence-corrected chi connectivity index (χ0v) is 10.9. The number of hydrogen-bond donors (Lipinski definition) is 1. The number of likely N-dealkylation sites (N-methyl/N-ethyl adjacent to an activating group) is 1. The molecule has 0 spiro atoms. The van der Waals surface area contributed by atoms with Crippen LogP contribution in [-0.2, 0) is 0 Å². The number of nitrogens with one attached hydrogen (secondary N) is 1. The molecule has 2 atom stereocenters. The molecule has 0 aliphatic carbocycles. The second-order valence-corrected chi connectivity index (χ2v) is 5.28. The van der Waals surface area contributed by atoms with Crippen molar-refractivity contribution in [1.82, 2.24) is 10.2 Å². The van der Waals surface area contributed by atoms with Gasteiger partial charge in [-0.2, -0.15) is 0 Å². The van der Waals surface area contributed by atoms with Crippen LogP contribution < -0.4 is 5.32 Å². The molecule has 1 heterocycles. The van der Waals surface area contributed by atoms with Crippen molar-refractivity contribution in [2.45, 2.75) is 46.1 Å². The Morgan fingerprint density at radius 1 is 1.40 bits per heavy atom. The van der Waals surface area contributed by atoms with Crippen LogP contribution >= 0.6 is 0 Å². The molecule has 0 amide bonds. The highest BCUT2D eigenvalue weighted by Crippen LogP contribution is 2.23. The van der Waals surface area contributed by atoms with E-state index in [-0.39, 0.29) is 0 Å². The molecule has 2 unspecified atom stereocenters. The van der Waals surface area contributed by atoms with Crippen LogP contribution in [-0.4, -0.2) is 37.6 Å². The first-order valence-corrected chi connectivity index (χ1v) is 6.57. The molecule has 0 bridgehead atoms. The van der Waals surface area contributed by atoms with Gasteiger partial charge in [0.25, 0.3) is 0 Å². The summed E-state index contributed by atoms with van der Waals surface area (Å²) in [7, 11) is 2.07. The highest BCUT2D eigenvalue weighted by Gasteiger charge is 2.26. The maximum Gasteiger partial charge on any atom is 0.0243 e. The smallest absolute Gasteiger partial charge is 0.0243 e. The van der Waals surface area contributed by atoms with Crippen LogP contribution in [0.2, 0.25) is 0 Å². The molecule has 0 aromatic carbocycles. The average molecular weight is 212 g/mol. The first kappa shape index (κ1) is 13.0. The Kier molecular flexibility index (Phi) is 5.62. The molecule has 0 radical (unpaired) electrons. The molecule has 90 valence electrons. The zero-order chi connectivity index (χ0) is 11.3.